The van der Waals surface area contributed by atoms with E-state index in [1.54, 1.807) is 6.26 Å². The van der Waals surface area contributed by atoms with Crippen LogP contribution in [0.15, 0.2) is 41.1 Å². The summed E-state index contributed by atoms with van der Waals surface area (Å²) in [6.45, 7) is 11.3. The maximum atomic E-state index is 5.65. The SMILES string of the molecule is Cc1cn(Cc2coc(-c3ccc(C(C)(C)C)cc3)n2)c(C)n1. The van der Waals surface area contributed by atoms with E-state index in [9.17, 15) is 0 Å². The van der Waals surface area contributed by atoms with Gasteiger partial charge in [-0.3, -0.25) is 0 Å². The van der Waals surface area contributed by atoms with Gasteiger partial charge in [-0.25, -0.2) is 9.97 Å². The highest BCUT2D eigenvalue weighted by Crippen LogP contribution is 2.26. The number of aryl methyl sites for hydroxylation is 2. The third-order valence-electron chi connectivity index (χ3n) is 3.98. The van der Waals surface area contributed by atoms with Gasteiger partial charge in [-0.2, -0.15) is 0 Å². The second kappa shape index (κ2) is 5.69. The van der Waals surface area contributed by atoms with E-state index in [-0.39, 0.29) is 5.41 Å². The fourth-order valence-corrected chi connectivity index (χ4v) is 2.63. The Morgan fingerprint density at radius 2 is 1.74 bits per heavy atom. The van der Waals surface area contributed by atoms with Gasteiger partial charge in [-0.05, 0) is 37.0 Å². The van der Waals surface area contributed by atoms with Crippen LogP contribution in [0.5, 0.6) is 0 Å². The minimum absolute atomic E-state index is 0.150. The second-order valence-corrected chi connectivity index (χ2v) is 7.03. The summed E-state index contributed by atoms with van der Waals surface area (Å²) < 4.78 is 7.73. The molecule has 3 rings (SSSR count). The number of aromatic nitrogens is 3. The first-order chi connectivity index (χ1) is 10.8. The molecular formula is C19H23N3O. The van der Waals surface area contributed by atoms with Gasteiger partial charge in [0, 0.05) is 11.8 Å². The summed E-state index contributed by atoms with van der Waals surface area (Å²) in [5.74, 6) is 1.65. The molecule has 1 aromatic carbocycles. The van der Waals surface area contributed by atoms with Crippen molar-refractivity contribution in [2.75, 3.05) is 0 Å². The van der Waals surface area contributed by atoms with Crippen molar-refractivity contribution in [2.45, 2.75) is 46.6 Å². The number of hydrogen-bond donors (Lipinski definition) is 0. The molecule has 0 unspecified atom stereocenters. The van der Waals surface area contributed by atoms with Crippen molar-refractivity contribution in [3.05, 3.63) is 59.5 Å². The van der Waals surface area contributed by atoms with E-state index < -0.39 is 0 Å². The third-order valence-corrected chi connectivity index (χ3v) is 3.98. The van der Waals surface area contributed by atoms with Gasteiger partial charge in [0.15, 0.2) is 0 Å². The summed E-state index contributed by atoms with van der Waals surface area (Å²) in [4.78, 5) is 9.01. The van der Waals surface area contributed by atoms with E-state index in [1.807, 2.05) is 20.0 Å². The van der Waals surface area contributed by atoms with Crippen molar-refractivity contribution >= 4 is 0 Å². The predicted octanol–water partition coefficient (Wildman–Crippen LogP) is 4.50. The predicted molar refractivity (Wildman–Crippen MR) is 91.4 cm³/mol. The molecule has 0 fully saturated rings. The van der Waals surface area contributed by atoms with Crippen LogP contribution in [0.25, 0.3) is 11.5 Å². The largest absolute Gasteiger partial charge is 0.444 e. The lowest BCUT2D eigenvalue weighted by molar-refractivity contribution is 0.570. The summed E-state index contributed by atoms with van der Waals surface area (Å²) >= 11 is 0. The monoisotopic (exact) mass is 309 g/mol. The van der Waals surface area contributed by atoms with Crippen molar-refractivity contribution in [3.63, 3.8) is 0 Å². The van der Waals surface area contributed by atoms with E-state index in [2.05, 4.69) is 59.6 Å². The van der Waals surface area contributed by atoms with Gasteiger partial charge in [0.1, 0.15) is 12.1 Å². The maximum Gasteiger partial charge on any atom is 0.226 e. The number of benzene rings is 1. The Bertz CT molecular complexity index is 804. The van der Waals surface area contributed by atoms with Crippen LogP contribution in [0.3, 0.4) is 0 Å². The Labute approximate surface area is 137 Å². The van der Waals surface area contributed by atoms with Gasteiger partial charge in [0.2, 0.25) is 5.89 Å². The summed E-state index contributed by atoms with van der Waals surface area (Å²) in [5.41, 5.74) is 4.38. The van der Waals surface area contributed by atoms with Gasteiger partial charge in [-0.1, -0.05) is 32.9 Å². The Hall–Kier alpha value is -2.36. The van der Waals surface area contributed by atoms with Crippen LogP contribution in [0.2, 0.25) is 0 Å². The zero-order valence-corrected chi connectivity index (χ0v) is 14.4. The molecule has 0 saturated carbocycles. The lowest BCUT2D eigenvalue weighted by atomic mass is 9.87. The molecule has 0 amide bonds. The zero-order chi connectivity index (χ0) is 16.6. The molecule has 0 aliphatic heterocycles. The highest BCUT2D eigenvalue weighted by Gasteiger charge is 2.14. The lowest BCUT2D eigenvalue weighted by Crippen LogP contribution is -2.10. The fraction of sp³-hybridized carbons (Fsp3) is 0.368. The molecule has 2 aromatic heterocycles. The molecule has 0 bridgehead atoms. The Balaban J connectivity index is 1.80. The van der Waals surface area contributed by atoms with Crippen LogP contribution in [0.1, 0.15) is 43.5 Å². The summed E-state index contributed by atoms with van der Waals surface area (Å²) in [6.07, 6.45) is 3.75. The van der Waals surface area contributed by atoms with Gasteiger partial charge < -0.3 is 8.98 Å². The number of oxazole rings is 1. The highest BCUT2D eigenvalue weighted by molar-refractivity contribution is 5.54. The standard InChI is InChI=1S/C19H23N3O/c1-13-10-22(14(2)20-13)11-17-12-23-18(21-17)15-6-8-16(9-7-15)19(3,4)5/h6-10,12H,11H2,1-5H3. The topological polar surface area (TPSA) is 43.9 Å². The zero-order valence-electron chi connectivity index (χ0n) is 14.4. The average molecular weight is 309 g/mol. The van der Waals surface area contributed by atoms with Crippen LogP contribution >= 0.6 is 0 Å². The van der Waals surface area contributed by atoms with E-state index in [0.717, 1.165) is 22.8 Å². The molecule has 2 heterocycles. The summed E-state index contributed by atoms with van der Waals surface area (Å²) in [7, 11) is 0. The molecule has 0 atom stereocenters. The molecule has 4 nitrogen and oxygen atoms in total. The van der Waals surface area contributed by atoms with E-state index >= 15 is 0 Å². The average Bonchev–Trinajstić information content (AvgIpc) is 3.06. The van der Waals surface area contributed by atoms with Crippen LogP contribution in [0.4, 0.5) is 0 Å². The molecule has 23 heavy (non-hydrogen) atoms. The summed E-state index contributed by atoms with van der Waals surface area (Å²) in [5, 5.41) is 0. The number of imidazole rings is 1. The first kappa shape index (κ1) is 15.5. The van der Waals surface area contributed by atoms with Crippen molar-refractivity contribution < 1.29 is 4.42 Å². The smallest absolute Gasteiger partial charge is 0.226 e. The van der Waals surface area contributed by atoms with Crippen molar-refractivity contribution in [3.8, 4) is 11.5 Å². The first-order valence-electron chi connectivity index (χ1n) is 7.88. The Morgan fingerprint density at radius 1 is 1.04 bits per heavy atom. The molecule has 0 aliphatic rings. The molecule has 0 spiro atoms. The minimum atomic E-state index is 0.150. The molecule has 120 valence electrons. The molecular weight excluding hydrogens is 286 g/mol. The van der Waals surface area contributed by atoms with E-state index in [1.165, 1.54) is 5.56 Å². The molecule has 0 N–H and O–H groups in total. The van der Waals surface area contributed by atoms with Gasteiger partial charge >= 0.3 is 0 Å². The van der Waals surface area contributed by atoms with Gasteiger partial charge in [0.25, 0.3) is 0 Å². The maximum absolute atomic E-state index is 5.65. The van der Waals surface area contributed by atoms with Crippen molar-refractivity contribution in [1.82, 2.24) is 14.5 Å². The summed E-state index contributed by atoms with van der Waals surface area (Å²) in [6, 6.07) is 8.43. The van der Waals surface area contributed by atoms with Crippen LogP contribution in [-0.2, 0) is 12.0 Å². The molecule has 0 saturated heterocycles. The van der Waals surface area contributed by atoms with Crippen molar-refractivity contribution in [1.29, 1.82) is 0 Å². The molecule has 3 aromatic rings. The van der Waals surface area contributed by atoms with E-state index in [4.69, 9.17) is 4.42 Å². The van der Waals surface area contributed by atoms with E-state index in [0.29, 0.717) is 12.4 Å². The first-order valence-corrected chi connectivity index (χ1v) is 7.88. The highest BCUT2D eigenvalue weighted by atomic mass is 16.3. The van der Waals surface area contributed by atoms with Gasteiger partial charge in [0.05, 0.1) is 17.9 Å². The van der Waals surface area contributed by atoms with Gasteiger partial charge in [-0.15, -0.1) is 0 Å². The number of hydrogen-bond acceptors (Lipinski definition) is 3. The Morgan fingerprint density at radius 3 is 2.30 bits per heavy atom. The van der Waals surface area contributed by atoms with Crippen LogP contribution in [-0.4, -0.2) is 14.5 Å². The van der Waals surface area contributed by atoms with Crippen LogP contribution in [0, 0.1) is 13.8 Å². The fourth-order valence-electron chi connectivity index (χ4n) is 2.63. The van der Waals surface area contributed by atoms with Crippen molar-refractivity contribution in [2.24, 2.45) is 0 Å². The minimum Gasteiger partial charge on any atom is -0.444 e. The number of rotatable bonds is 3. The molecule has 0 aliphatic carbocycles. The molecule has 4 heteroatoms. The quantitative estimate of drug-likeness (QED) is 0.715. The second-order valence-electron chi connectivity index (χ2n) is 7.03. The molecule has 0 radical (unpaired) electrons. The number of nitrogens with zero attached hydrogens (tertiary/aromatic N) is 3. The normalized spacial score (nSPS) is 11.9. The Kier molecular flexibility index (Phi) is 3.84. The lowest BCUT2D eigenvalue weighted by Gasteiger charge is -2.18. The third kappa shape index (κ3) is 3.36. The van der Waals surface area contributed by atoms with Crippen LogP contribution < -0.4 is 0 Å².